The zero-order valence-corrected chi connectivity index (χ0v) is 17.3. The Morgan fingerprint density at radius 2 is 1.93 bits per heavy atom. The third kappa shape index (κ3) is 4.71. The minimum atomic E-state index is -0.628. The van der Waals surface area contributed by atoms with E-state index in [9.17, 15) is 9.59 Å². The maximum atomic E-state index is 12.8. The molecule has 0 spiro atoms. The summed E-state index contributed by atoms with van der Waals surface area (Å²) < 4.78 is 11.1. The van der Waals surface area contributed by atoms with Crippen LogP contribution < -0.4 is 10.1 Å². The summed E-state index contributed by atoms with van der Waals surface area (Å²) in [6, 6.07) is 13.6. The van der Waals surface area contributed by atoms with E-state index < -0.39 is 12.0 Å². The van der Waals surface area contributed by atoms with E-state index in [2.05, 4.69) is 5.32 Å². The number of carbonyl (C=O) groups is 2. The fraction of sp³-hybridized carbons (Fsp3) is 0.273. The number of benzene rings is 2. The molecule has 1 N–H and O–H groups in total. The molecule has 0 radical (unpaired) electrons. The molecule has 0 unspecified atom stereocenters. The minimum absolute atomic E-state index is 0.0147. The highest BCUT2D eigenvalue weighted by Gasteiger charge is 2.37. The summed E-state index contributed by atoms with van der Waals surface area (Å²) in [7, 11) is 1.59. The average Bonchev–Trinajstić information content (AvgIpc) is 2.69. The van der Waals surface area contributed by atoms with E-state index in [1.165, 1.54) is 4.90 Å². The lowest BCUT2D eigenvalue weighted by molar-refractivity contribution is -0.139. The van der Waals surface area contributed by atoms with Crippen LogP contribution >= 0.6 is 11.6 Å². The first-order valence-corrected chi connectivity index (χ1v) is 9.67. The molecule has 1 aliphatic rings. The summed E-state index contributed by atoms with van der Waals surface area (Å²) in [6.07, 6.45) is 0. The summed E-state index contributed by atoms with van der Waals surface area (Å²) in [5.74, 6) is 0.0501. The van der Waals surface area contributed by atoms with Gasteiger partial charge >= 0.3 is 12.0 Å². The van der Waals surface area contributed by atoms with Gasteiger partial charge in [0.15, 0.2) is 0 Å². The van der Waals surface area contributed by atoms with Crippen LogP contribution in [0.25, 0.3) is 0 Å². The zero-order chi connectivity index (χ0) is 21.0. The third-order valence-corrected chi connectivity index (χ3v) is 4.89. The van der Waals surface area contributed by atoms with Gasteiger partial charge in [0, 0.05) is 12.1 Å². The molecule has 1 atom stereocenters. The number of rotatable bonds is 6. The van der Waals surface area contributed by atoms with Crippen LogP contribution in [0.5, 0.6) is 5.75 Å². The number of amides is 2. The quantitative estimate of drug-likeness (QED) is 0.718. The van der Waals surface area contributed by atoms with Crippen LogP contribution in [-0.4, -0.2) is 37.2 Å². The van der Waals surface area contributed by atoms with Gasteiger partial charge in [-0.2, -0.15) is 0 Å². The number of urea groups is 1. The fourth-order valence-electron chi connectivity index (χ4n) is 3.10. The Morgan fingerprint density at radius 1 is 1.21 bits per heavy atom. The SMILES string of the molecule is CCOC(=O)C1=C(COc2cccc(Cl)c2)N(C)C(=O)N[C@H]1c1ccc(C)cc1. The molecule has 3 rings (SSSR count). The van der Waals surface area contributed by atoms with Gasteiger partial charge in [0.2, 0.25) is 0 Å². The number of nitrogens with one attached hydrogen (secondary N) is 1. The molecule has 6 nitrogen and oxygen atoms in total. The van der Waals surface area contributed by atoms with Gasteiger partial charge in [0.25, 0.3) is 0 Å². The van der Waals surface area contributed by atoms with Crippen molar-refractivity contribution in [1.29, 1.82) is 0 Å². The van der Waals surface area contributed by atoms with Crippen molar-refractivity contribution in [1.82, 2.24) is 10.2 Å². The number of aryl methyl sites for hydroxylation is 1. The Bertz CT molecular complexity index is 940. The highest BCUT2D eigenvalue weighted by Crippen LogP contribution is 2.31. The van der Waals surface area contributed by atoms with E-state index in [0.29, 0.717) is 22.0 Å². The van der Waals surface area contributed by atoms with E-state index in [-0.39, 0.29) is 19.2 Å². The number of likely N-dealkylation sites (N-methyl/N-ethyl adjacent to an activating group) is 1. The second-order valence-electron chi connectivity index (χ2n) is 6.68. The van der Waals surface area contributed by atoms with Gasteiger partial charge in [0.05, 0.1) is 23.9 Å². The molecular formula is C22H23ClN2O4. The first kappa shape index (κ1) is 20.7. The van der Waals surface area contributed by atoms with Crippen molar-refractivity contribution in [3.63, 3.8) is 0 Å². The molecule has 0 saturated carbocycles. The van der Waals surface area contributed by atoms with Gasteiger partial charge in [-0.1, -0.05) is 47.5 Å². The summed E-state index contributed by atoms with van der Waals surface area (Å²) in [5.41, 5.74) is 2.66. The number of hydrogen-bond donors (Lipinski definition) is 1. The number of halogens is 1. The molecule has 2 amide bonds. The normalized spacial score (nSPS) is 16.5. The Kier molecular flexibility index (Phi) is 6.44. The van der Waals surface area contributed by atoms with Gasteiger partial charge in [0.1, 0.15) is 12.4 Å². The molecule has 0 fully saturated rings. The Morgan fingerprint density at radius 3 is 2.59 bits per heavy atom. The number of carbonyl (C=O) groups excluding carboxylic acids is 2. The molecule has 0 aliphatic carbocycles. The predicted molar refractivity (Wildman–Crippen MR) is 111 cm³/mol. The molecule has 2 aromatic rings. The highest BCUT2D eigenvalue weighted by molar-refractivity contribution is 6.30. The largest absolute Gasteiger partial charge is 0.487 e. The van der Waals surface area contributed by atoms with Gasteiger partial charge in [-0.25, -0.2) is 9.59 Å². The number of nitrogens with zero attached hydrogens (tertiary/aromatic N) is 1. The van der Waals surface area contributed by atoms with Gasteiger partial charge < -0.3 is 14.8 Å². The van der Waals surface area contributed by atoms with Crippen molar-refractivity contribution in [2.45, 2.75) is 19.9 Å². The molecule has 7 heteroatoms. The number of hydrogen-bond acceptors (Lipinski definition) is 4. The Balaban J connectivity index is 2.02. The second kappa shape index (κ2) is 9.01. The number of ether oxygens (including phenoxy) is 2. The molecule has 2 aromatic carbocycles. The van der Waals surface area contributed by atoms with Crippen LogP contribution in [0.1, 0.15) is 24.1 Å². The molecule has 29 heavy (non-hydrogen) atoms. The molecular weight excluding hydrogens is 392 g/mol. The minimum Gasteiger partial charge on any atom is -0.487 e. The molecule has 152 valence electrons. The van der Waals surface area contributed by atoms with Crippen LogP contribution in [0.2, 0.25) is 5.02 Å². The van der Waals surface area contributed by atoms with E-state index in [4.69, 9.17) is 21.1 Å². The van der Waals surface area contributed by atoms with Crippen molar-refractivity contribution >= 4 is 23.6 Å². The summed E-state index contributed by atoms with van der Waals surface area (Å²) >= 11 is 6.01. The van der Waals surface area contributed by atoms with Gasteiger partial charge in [-0.3, -0.25) is 4.90 Å². The summed E-state index contributed by atoms with van der Waals surface area (Å²) in [5, 5.41) is 3.42. The maximum Gasteiger partial charge on any atom is 0.338 e. The van der Waals surface area contributed by atoms with Crippen molar-refractivity contribution in [2.75, 3.05) is 20.3 Å². The number of esters is 1. The first-order valence-electron chi connectivity index (χ1n) is 9.30. The Hall–Kier alpha value is -2.99. The van der Waals surface area contributed by atoms with E-state index in [0.717, 1.165) is 11.1 Å². The predicted octanol–water partition coefficient (Wildman–Crippen LogP) is 4.24. The molecule has 1 heterocycles. The molecule has 1 aliphatic heterocycles. The van der Waals surface area contributed by atoms with Crippen molar-refractivity contribution in [3.05, 3.63) is 76.0 Å². The third-order valence-electron chi connectivity index (χ3n) is 4.65. The van der Waals surface area contributed by atoms with Gasteiger partial charge in [-0.05, 0) is 37.6 Å². The van der Waals surface area contributed by atoms with Crippen molar-refractivity contribution in [2.24, 2.45) is 0 Å². The lowest BCUT2D eigenvalue weighted by Gasteiger charge is -2.34. The topological polar surface area (TPSA) is 67.9 Å². The van der Waals surface area contributed by atoms with E-state index in [1.807, 2.05) is 31.2 Å². The van der Waals surface area contributed by atoms with Crippen LogP contribution in [0.4, 0.5) is 4.79 Å². The summed E-state index contributed by atoms with van der Waals surface area (Å²) in [4.78, 5) is 26.8. The molecule has 0 bridgehead atoms. The molecule has 0 aromatic heterocycles. The maximum absolute atomic E-state index is 12.8. The average molecular weight is 415 g/mol. The Labute approximate surface area is 175 Å². The monoisotopic (exact) mass is 414 g/mol. The van der Waals surface area contributed by atoms with Crippen LogP contribution in [0, 0.1) is 6.92 Å². The second-order valence-corrected chi connectivity index (χ2v) is 7.12. The van der Waals surface area contributed by atoms with Gasteiger partial charge in [-0.15, -0.1) is 0 Å². The van der Waals surface area contributed by atoms with E-state index >= 15 is 0 Å². The lowest BCUT2D eigenvalue weighted by atomic mass is 9.94. The van der Waals surface area contributed by atoms with E-state index in [1.54, 1.807) is 38.2 Å². The summed E-state index contributed by atoms with van der Waals surface area (Å²) in [6.45, 7) is 3.96. The van der Waals surface area contributed by atoms with Crippen molar-refractivity contribution in [3.8, 4) is 5.75 Å². The first-order chi connectivity index (χ1) is 13.9. The van der Waals surface area contributed by atoms with Crippen LogP contribution in [0.3, 0.4) is 0 Å². The highest BCUT2D eigenvalue weighted by atomic mass is 35.5. The molecule has 0 saturated heterocycles. The smallest absolute Gasteiger partial charge is 0.338 e. The fourth-order valence-corrected chi connectivity index (χ4v) is 3.28. The van der Waals surface area contributed by atoms with Crippen LogP contribution in [-0.2, 0) is 9.53 Å². The standard InChI is InChI=1S/C22H23ClN2O4/c1-4-28-21(26)19-18(13-29-17-7-5-6-16(23)12-17)25(3)22(27)24-20(19)15-10-8-14(2)9-11-15/h5-12,20H,4,13H2,1-3H3,(H,24,27)/t20-/m0/s1. The van der Waals surface area contributed by atoms with Crippen LogP contribution in [0.15, 0.2) is 59.8 Å². The van der Waals surface area contributed by atoms with Crippen molar-refractivity contribution < 1.29 is 19.1 Å². The lowest BCUT2D eigenvalue weighted by Crippen LogP contribution is -2.48. The zero-order valence-electron chi connectivity index (χ0n) is 16.6.